The van der Waals surface area contributed by atoms with Crippen LogP contribution in [0.4, 0.5) is 0 Å². The van der Waals surface area contributed by atoms with Gasteiger partial charge in [-0.05, 0) is 29.9 Å². The third kappa shape index (κ3) is 4.25. The standard InChI is InChI=1S/C22H24N4O/c27-22(20-16-26(25-24-20)15-17-9-3-1-4-10-17)23-21(19-13-7-8-14-19)18-11-5-2-6-12-18/h1-6,9-12,16,19,21H,7-8,13-15H2,(H,23,27). The summed E-state index contributed by atoms with van der Waals surface area (Å²) in [4.78, 5) is 12.8. The Balaban J connectivity index is 1.48. The van der Waals surface area contributed by atoms with Crippen molar-refractivity contribution in [1.82, 2.24) is 20.3 Å². The summed E-state index contributed by atoms with van der Waals surface area (Å²) >= 11 is 0. The fourth-order valence-corrected chi connectivity index (χ4v) is 3.89. The van der Waals surface area contributed by atoms with Gasteiger partial charge in [0.2, 0.25) is 0 Å². The predicted octanol–water partition coefficient (Wildman–Crippen LogP) is 3.99. The Kier molecular flexibility index (Phi) is 5.28. The Labute approximate surface area is 159 Å². The van der Waals surface area contributed by atoms with Gasteiger partial charge in [-0.15, -0.1) is 5.10 Å². The fraction of sp³-hybridized carbons (Fsp3) is 0.318. The summed E-state index contributed by atoms with van der Waals surface area (Å²) in [5.74, 6) is 0.325. The molecule has 0 spiro atoms. The maximum Gasteiger partial charge on any atom is 0.273 e. The first kappa shape index (κ1) is 17.5. The summed E-state index contributed by atoms with van der Waals surface area (Å²) in [5.41, 5.74) is 2.65. The second kappa shape index (κ2) is 8.16. The molecule has 0 aliphatic heterocycles. The molecule has 1 aromatic heterocycles. The molecule has 0 radical (unpaired) electrons. The molecule has 27 heavy (non-hydrogen) atoms. The maximum atomic E-state index is 12.8. The molecule has 138 valence electrons. The molecule has 5 heteroatoms. The Morgan fingerprint density at radius 1 is 1.04 bits per heavy atom. The van der Waals surface area contributed by atoms with E-state index in [0.717, 1.165) is 24.0 Å². The normalized spacial score (nSPS) is 15.6. The number of nitrogens with zero attached hydrogens (tertiary/aromatic N) is 3. The van der Waals surface area contributed by atoms with Crippen molar-refractivity contribution in [1.29, 1.82) is 0 Å². The Bertz CT molecular complexity index is 870. The van der Waals surface area contributed by atoms with Gasteiger partial charge in [0.15, 0.2) is 5.69 Å². The lowest BCUT2D eigenvalue weighted by molar-refractivity contribution is 0.0916. The first-order valence-corrected chi connectivity index (χ1v) is 9.59. The molecule has 1 saturated carbocycles. The van der Waals surface area contributed by atoms with Crippen LogP contribution in [0.3, 0.4) is 0 Å². The number of carbonyl (C=O) groups excluding carboxylic acids is 1. The second-order valence-corrected chi connectivity index (χ2v) is 7.19. The van der Waals surface area contributed by atoms with Gasteiger partial charge >= 0.3 is 0 Å². The molecule has 1 aliphatic rings. The van der Waals surface area contributed by atoms with Gasteiger partial charge in [0.1, 0.15) is 0 Å². The molecule has 3 aromatic rings. The highest BCUT2D eigenvalue weighted by Crippen LogP contribution is 2.35. The minimum absolute atomic E-state index is 0.0282. The third-order valence-electron chi connectivity index (χ3n) is 5.28. The highest BCUT2D eigenvalue weighted by molar-refractivity contribution is 5.92. The van der Waals surface area contributed by atoms with Crippen molar-refractivity contribution >= 4 is 5.91 Å². The van der Waals surface area contributed by atoms with Crippen LogP contribution in [0.15, 0.2) is 66.9 Å². The van der Waals surface area contributed by atoms with Crippen LogP contribution < -0.4 is 5.32 Å². The number of hydrogen-bond donors (Lipinski definition) is 1. The molecule has 2 aromatic carbocycles. The maximum absolute atomic E-state index is 12.8. The van der Waals surface area contributed by atoms with Crippen molar-refractivity contribution in [3.63, 3.8) is 0 Å². The zero-order valence-electron chi connectivity index (χ0n) is 15.3. The average Bonchev–Trinajstić information content (AvgIpc) is 3.40. The average molecular weight is 360 g/mol. The van der Waals surface area contributed by atoms with Crippen LogP contribution in [-0.2, 0) is 6.54 Å². The van der Waals surface area contributed by atoms with Crippen molar-refractivity contribution < 1.29 is 4.79 Å². The summed E-state index contributed by atoms with van der Waals surface area (Å²) in [6.07, 6.45) is 6.49. The Hall–Kier alpha value is -2.95. The van der Waals surface area contributed by atoms with Crippen molar-refractivity contribution in [2.45, 2.75) is 38.3 Å². The van der Waals surface area contributed by atoms with Crippen molar-refractivity contribution in [3.8, 4) is 0 Å². The number of carbonyl (C=O) groups is 1. The summed E-state index contributed by atoms with van der Waals surface area (Å²) in [7, 11) is 0. The summed E-state index contributed by atoms with van der Waals surface area (Å²) in [5, 5.41) is 11.4. The highest BCUT2D eigenvalue weighted by atomic mass is 16.2. The Morgan fingerprint density at radius 3 is 2.41 bits per heavy atom. The van der Waals surface area contributed by atoms with E-state index in [9.17, 15) is 4.79 Å². The van der Waals surface area contributed by atoms with Gasteiger partial charge in [-0.3, -0.25) is 4.79 Å². The molecule has 1 N–H and O–H groups in total. The van der Waals surface area contributed by atoms with Crippen LogP contribution >= 0.6 is 0 Å². The second-order valence-electron chi connectivity index (χ2n) is 7.19. The van der Waals surface area contributed by atoms with E-state index in [1.54, 1.807) is 10.9 Å². The van der Waals surface area contributed by atoms with Gasteiger partial charge in [-0.25, -0.2) is 4.68 Å². The van der Waals surface area contributed by atoms with Crippen LogP contribution in [0.5, 0.6) is 0 Å². The minimum atomic E-state index is -0.157. The largest absolute Gasteiger partial charge is 0.344 e. The van der Waals surface area contributed by atoms with E-state index in [4.69, 9.17) is 0 Å². The van der Waals surface area contributed by atoms with Gasteiger partial charge in [0.05, 0.1) is 18.8 Å². The lowest BCUT2D eigenvalue weighted by atomic mass is 9.91. The smallest absolute Gasteiger partial charge is 0.273 e. The first-order chi connectivity index (χ1) is 13.3. The number of benzene rings is 2. The fourth-order valence-electron chi connectivity index (χ4n) is 3.89. The van der Waals surface area contributed by atoms with Crippen LogP contribution in [0.1, 0.15) is 53.3 Å². The molecule has 0 saturated heterocycles. The topological polar surface area (TPSA) is 59.8 Å². The van der Waals surface area contributed by atoms with Crippen molar-refractivity contribution in [3.05, 3.63) is 83.7 Å². The molecular formula is C22H24N4O. The number of amides is 1. The monoisotopic (exact) mass is 360 g/mol. The molecule has 1 heterocycles. The summed E-state index contributed by atoms with van der Waals surface area (Å²) in [6, 6.07) is 20.3. The molecule has 4 rings (SSSR count). The van der Waals surface area contributed by atoms with Gasteiger partial charge in [-0.2, -0.15) is 0 Å². The molecule has 1 atom stereocenters. The van der Waals surface area contributed by atoms with Gasteiger partial charge < -0.3 is 5.32 Å². The van der Waals surface area contributed by atoms with Crippen molar-refractivity contribution in [2.75, 3.05) is 0 Å². The SMILES string of the molecule is O=C(NC(c1ccccc1)C1CCCC1)c1cn(Cc2ccccc2)nn1. The first-order valence-electron chi connectivity index (χ1n) is 9.59. The molecule has 1 amide bonds. The number of aromatic nitrogens is 3. The molecular weight excluding hydrogens is 336 g/mol. The molecule has 5 nitrogen and oxygen atoms in total. The van der Waals surface area contributed by atoms with E-state index < -0.39 is 0 Å². The third-order valence-corrected chi connectivity index (χ3v) is 5.28. The van der Waals surface area contributed by atoms with Crippen LogP contribution in [0.25, 0.3) is 0 Å². The highest BCUT2D eigenvalue weighted by Gasteiger charge is 2.28. The molecule has 1 fully saturated rings. The van der Waals surface area contributed by atoms with Gasteiger partial charge in [0.25, 0.3) is 5.91 Å². The number of rotatable bonds is 6. The van der Waals surface area contributed by atoms with Gasteiger partial charge in [0, 0.05) is 0 Å². The number of hydrogen-bond acceptors (Lipinski definition) is 3. The minimum Gasteiger partial charge on any atom is -0.344 e. The van der Waals surface area contributed by atoms with E-state index >= 15 is 0 Å². The quantitative estimate of drug-likeness (QED) is 0.723. The van der Waals surface area contributed by atoms with Gasteiger partial charge in [-0.1, -0.05) is 78.7 Å². The van der Waals surface area contributed by atoms with E-state index in [2.05, 4.69) is 27.8 Å². The van der Waals surface area contributed by atoms with Crippen LogP contribution in [0.2, 0.25) is 0 Å². The van der Waals surface area contributed by atoms with E-state index in [-0.39, 0.29) is 11.9 Å². The summed E-state index contributed by atoms with van der Waals surface area (Å²) in [6.45, 7) is 0.603. The van der Waals surface area contributed by atoms with Crippen LogP contribution in [0, 0.1) is 5.92 Å². The zero-order valence-corrected chi connectivity index (χ0v) is 15.3. The van der Waals surface area contributed by atoms with E-state index in [1.165, 1.54) is 12.8 Å². The zero-order chi connectivity index (χ0) is 18.5. The van der Waals surface area contributed by atoms with E-state index in [0.29, 0.717) is 18.2 Å². The molecule has 0 bridgehead atoms. The lowest BCUT2D eigenvalue weighted by Gasteiger charge is -2.24. The number of nitrogens with one attached hydrogen (secondary N) is 1. The summed E-state index contributed by atoms with van der Waals surface area (Å²) < 4.78 is 1.71. The van der Waals surface area contributed by atoms with Crippen molar-refractivity contribution in [2.24, 2.45) is 5.92 Å². The predicted molar refractivity (Wildman–Crippen MR) is 104 cm³/mol. The molecule has 1 aliphatic carbocycles. The van der Waals surface area contributed by atoms with Crippen LogP contribution in [-0.4, -0.2) is 20.9 Å². The lowest BCUT2D eigenvalue weighted by Crippen LogP contribution is -2.33. The Morgan fingerprint density at radius 2 is 1.70 bits per heavy atom. The van der Waals surface area contributed by atoms with E-state index in [1.807, 2.05) is 48.5 Å². The molecule has 1 unspecified atom stereocenters.